The first-order valence-electron chi connectivity index (χ1n) is 9.07. The van der Waals surface area contributed by atoms with Crippen molar-refractivity contribution in [2.24, 2.45) is 0 Å². The average molecular weight is 364 g/mol. The van der Waals surface area contributed by atoms with Gasteiger partial charge in [0.25, 0.3) is 11.8 Å². The lowest BCUT2D eigenvalue weighted by Gasteiger charge is -2.21. The van der Waals surface area contributed by atoms with Gasteiger partial charge in [0.1, 0.15) is 5.70 Å². The van der Waals surface area contributed by atoms with Crippen LogP contribution in [0.5, 0.6) is 0 Å². The molecule has 0 aromatic heterocycles. The lowest BCUT2D eigenvalue weighted by molar-refractivity contribution is -0.138. The van der Waals surface area contributed by atoms with E-state index in [9.17, 15) is 9.59 Å². The van der Waals surface area contributed by atoms with E-state index in [1.54, 1.807) is 4.90 Å². The van der Waals surface area contributed by atoms with Gasteiger partial charge in [-0.25, -0.2) is 0 Å². The van der Waals surface area contributed by atoms with Crippen LogP contribution in [0, 0.1) is 0 Å². The van der Waals surface area contributed by atoms with Gasteiger partial charge < -0.3 is 9.64 Å². The minimum absolute atomic E-state index is 0.0471. The standard InChI is InChI=1S/C22H24N2O3/c1-16(2)27-15-14-24-21(25)19(17-10-6-4-7-11-17)20(22(24)26)23(3)18-12-8-5-9-13-18/h4-13,16H,14-15H2,1-3H3. The molecule has 0 atom stereocenters. The maximum atomic E-state index is 13.1. The molecule has 2 amide bonds. The van der Waals surface area contributed by atoms with Crippen LogP contribution < -0.4 is 4.90 Å². The van der Waals surface area contributed by atoms with Gasteiger partial charge in [-0.15, -0.1) is 0 Å². The van der Waals surface area contributed by atoms with Crippen molar-refractivity contribution in [2.75, 3.05) is 25.1 Å². The molecule has 0 aliphatic carbocycles. The summed E-state index contributed by atoms with van der Waals surface area (Å²) >= 11 is 0. The number of para-hydroxylation sites is 1. The Morgan fingerprint density at radius 1 is 0.926 bits per heavy atom. The third kappa shape index (κ3) is 3.93. The number of carbonyl (C=O) groups excluding carboxylic acids is 2. The largest absolute Gasteiger partial charge is 0.377 e. The second-order valence-electron chi connectivity index (χ2n) is 6.67. The summed E-state index contributed by atoms with van der Waals surface area (Å²) in [5.74, 6) is -0.575. The van der Waals surface area contributed by atoms with Gasteiger partial charge in [0.2, 0.25) is 0 Å². The van der Waals surface area contributed by atoms with E-state index >= 15 is 0 Å². The smallest absolute Gasteiger partial charge is 0.278 e. The maximum absolute atomic E-state index is 13.1. The zero-order valence-electron chi connectivity index (χ0n) is 15.9. The molecule has 3 rings (SSSR count). The van der Waals surface area contributed by atoms with Crippen molar-refractivity contribution in [2.45, 2.75) is 20.0 Å². The first kappa shape index (κ1) is 18.9. The molecule has 0 N–H and O–H groups in total. The highest BCUT2D eigenvalue weighted by Gasteiger charge is 2.40. The number of likely N-dealkylation sites (N-methyl/N-ethyl adjacent to an activating group) is 1. The van der Waals surface area contributed by atoms with Crippen LogP contribution in [0.1, 0.15) is 19.4 Å². The van der Waals surface area contributed by atoms with Crippen LogP contribution in [0.15, 0.2) is 66.4 Å². The number of anilines is 1. The third-order valence-corrected chi connectivity index (χ3v) is 4.45. The summed E-state index contributed by atoms with van der Waals surface area (Å²) in [5.41, 5.74) is 2.40. The number of carbonyl (C=O) groups is 2. The molecular formula is C22H24N2O3. The van der Waals surface area contributed by atoms with Gasteiger partial charge in [0, 0.05) is 12.7 Å². The summed E-state index contributed by atoms with van der Waals surface area (Å²) in [6.07, 6.45) is 0.0471. The Kier molecular flexibility index (Phi) is 5.72. The lowest BCUT2D eigenvalue weighted by atomic mass is 10.0. The molecule has 1 heterocycles. The molecule has 5 heteroatoms. The van der Waals surface area contributed by atoms with Crippen molar-refractivity contribution in [3.05, 3.63) is 71.9 Å². The fourth-order valence-electron chi connectivity index (χ4n) is 3.10. The van der Waals surface area contributed by atoms with E-state index in [-0.39, 0.29) is 24.5 Å². The fourth-order valence-corrected chi connectivity index (χ4v) is 3.10. The minimum atomic E-state index is -0.294. The van der Waals surface area contributed by atoms with Crippen molar-refractivity contribution in [1.29, 1.82) is 0 Å². The normalized spacial score (nSPS) is 14.4. The zero-order valence-corrected chi connectivity index (χ0v) is 15.9. The van der Waals surface area contributed by atoms with E-state index in [1.807, 2.05) is 81.6 Å². The molecule has 1 aliphatic rings. The number of amides is 2. The van der Waals surface area contributed by atoms with Crippen LogP contribution >= 0.6 is 0 Å². The number of rotatable bonds is 7. The van der Waals surface area contributed by atoms with Crippen molar-refractivity contribution < 1.29 is 14.3 Å². The molecule has 0 unspecified atom stereocenters. The molecule has 0 saturated carbocycles. The van der Waals surface area contributed by atoms with Crippen LogP contribution in [0.2, 0.25) is 0 Å². The summed E-state index contributed by atoms with van der Waals surface area (Å²) in [6, 6.07) is 18.9. The summed E-state index contributed by atoms with van der Waals surface area (Å²) in [4.78, 5) is 29.3. The highest BCUT2D eigenvalue weighted by Crippen LogP contribution is 2.33. The Balaban J connectivity index is 1.99. The second kappa shape index (κ2) is 8.18. The molecular weight excluding hydrogens is 340 g/mol. The maximum Gasteiger partial charge on any atom is 0.278 e. The van der Waals surface area contributed by atoms with Crippen molar-refractivity contribution in [3.8, 4) is 0 Å². The number of hydrogen-bond acceptors (Lipinski definition) is 4. The number of hydrogen-bond donors (Lipinski definition) is 0. The first-order valence-corrected chi connectivity index (χ1v) is 9.07. The number of ether oxygens (including phenoxy) is 1. The minimum Gasteiger partial charge on any atom is -0.377 e. The summed E-state index contributed by atoms with van der Waals surface area (Å²) < 4.78 is 5.54. The molecule has 27 heavy (non-hydrogen) atoms. The Hall–Kier alpha value is -2.92. The Morgan fingerprint density at radius 2 is 1.52 bits per heavy atom. The van der Waals surface area contributed by atoms with Gasteiger partial charge in [-0.05, 0) is 31.5 Å². The highest BCUT2D eigenvalue weighted by molar-refractivity contribution is 6.36. The molecule has 0 saturated heterocycles. The Bertz CT molecular complexity index is 844. The van der Waals surface area contributed by atoms with Crippen molar-refractivity contribution in [1.82, 2.24) is 4.90 Å². The number of nitrogens with zero attached hydrogens (tertiary/aromatic N) is 2. The fraction of sp³-hybridized carbons (Fsp3) is 0.273. The van der Waals surface area contributed by atoms with E-state index < -0.39 is 0 Å². The van der Waals surface area contributed by atoms with Crippen molar-refractivity contribution >= 4 is 23.1 Å². The van der Waals surface area contributed by atoms with Gasteiger partial charge in [0.05, 0.1) is 24.8 Å². The molecule has 0 spiro atoms. The van der Waals surface area contributed by atoms with Crippen LogP contribution in [0.3, 0.4) is 0 Å². The molecule has 2 aromatic rings. The van der Waals surface area contributed by atoms with Gasteiger partial charge in [0.15, 0.2) is 0 Å². The molecule has 2 aromatic carbocycles. The van der Waals surface area contributed by atoms with E-state index in [0.717, 1.165) is 11.3 Å². The van der Waals surface area contributed by atoms with Gasteiger partial charge in [-0.3, -0.25) is 14.5 Å². The summed E-state index contributed by atoms with van der Waals surface area (Å²) in [5, 5.41) is 0. The molecule has 1 aliphatic heterocycles. The molecule has 140 valence electrons. The van der Waals surface area contributed by atoms with Gasteiger partial charge in [-0.2, -0.15) is 0 Å². The van der Waals surface area contributed by atoms with E-state index in [2.05, 4.69) is 0 Å². The SMILES string of the molecule is CC(C)OCCN1C(=O)C(c2ccccc2)=C(N(C)c2ccccc2)C1=O. The quantitative estimate of drug-likeness (QED) is 0.707. The summed E-state index contributed by atoms with van der Waals surface area (Å²) in [6.45, 7) is 4.41. The average Bonchev–Trinajstić information content (AvgIpc) is 2.93. The monoisotopic (exact) mass is 364 g/mol. The predicted octanol–water partition coefficient (Wildman–Crippen LogP) is 3.33. The third-order valence-electron chi connectivity index (χ3n) is 4.45. The Labute approximate surface area is 159 Å². The topological polar surface area (TPSA) is 49.9 Å². The summed E-state index contributed by atoms with van der Waals surface area (Å²) in [7, 11) is 1.81. The molecule has 0 bridgehead atoms. The lowest BCUT2D eigenvalue weighted by Crippen LogP contribution is -2.37. The van der Waals surface area contributed by atoms with E-state index in [4.69, 9.17) is 4.74 Å². The van der Waals surface area contributed by atoms with Gasteiger partial charge >= 0.3 is 0 Å². The van der Waals surface area contributed by atoms with Crippen LogP contribution in [0.4, 0.5) is 5.69 Å². The number of benzene rings is 2. The molecule has 5 nitrogen and oxygen atoms in total. The zero-order chi connectivity index (χ0) is 19.4. The van der Waals surface area contributed by atoms with Crippen molar-refractivity contribution in [3.63, 3.8) is 0 Å². The van der Waals surface area contributed by atoms with E-state index in [1.165, 1.54) is 4.90 Å². The molecule has 0 fully saturated rings. The van der Waals surface area contributed by atoms with E-state index in [0.29, 0.717) is 17.9 Å². The second-order valence-corrected chi connectivity index (χ2v) is 6.67. The van der Waals surface area contributed by atoms with Crippen LogP contribution in [0.25, 0.3) is 5.57 Å². The van der Waals surface area contributed by atoms with Crippen LogP contribution in [-0.4, -0.2) is 43.0 Å². The first-order chi connectivity index (χ1) is 13.0. The van der Waals surface area contributed by atoms with Gasteiger partial charge in [-0.1, -0.05) is 48.5 Å². The molecule has 0 radical (unpaired) electrons. The highest BCUT2D eigenvalue weighted by atomic mass is 16.5. The van der Waals surface area contributed by atoms with Crippen LogP contribution in [-0.2, 0) is 14.3 Å². The Morgan fingerprint density at radius 3 is 2.11 bits per heavy atom. The predicted molar refractivity (Wildman–Crippen MR) is 106 cm³/mol. The number of imide groups is 1.